The number of rotatable bonds is 3. The van der Waals surface area contributed by atoms with Crippen LogP contribution in [0.15, 0.2) is 12.1 Å². The molecule has 1 aliphatic rings. The lowest BCUT2D eigenvalue weighted by Crippen LogP contribution is -2.32. The molecule has 0 bridgehead atoms. The summed E-state index contributed by atoms with van der Waals surface area (Å²) in [6.07, 6.45) is 0.332. The number of hydrogen-bond acceptors (Lipinski definition) is 3. The molecule has 1 aromatic carbocycles. The lowest BCUT2D eigenvalue weighted by molar-refractivity contribution is -0.117. The first-order valence-corrected chi connectivity index (χ1v) is 5.42. The van der Waals surface area contributed by atoms with Gasteiger partial charge in [-0.1, -0.05) is 11.6 Å². The topological polar surface area (TPSA) is 55.6 Å². The molecule has 0 unspecified atom stereocenters. The number of benzene rings is 1. The molecule has 1 heterocycles. The summed E-state index contributed by atoms with van der Waals surface area (Å²) in [6, 6.07) is 3.52. The average Bonchev–Trinajstić information content (AvgIpc) is 2.58. The largest absolute Gasteiger partial charge is 0.496 e. The van der Waals surface area contributed by atoms with Crippen LogP contribution in [0.25, 0.3) is 0 Å². The molecule has 16 heavy (non-hydrogen) atoms. The second-order valence-electron chi connectivity index (χ2n) is 3.59. The first-order valence-electron chi connectivity index (χ1n) is 5.04. The number of carbonyl (C=O) groups is 1. The zero-order valence-electron chi connectivity index (χ0n) is 9.00. The molecule has 0 saturated heterocycles. The summed E-state index contributed by atoms with van der Waals surface area (Å²) < 4.78 is 5.22. The van der Waals surface area contributed by atoms with Gasteiger partial charge in [0.1, 0.15) is 5.75 Å². The summed E-state index contributed by atoms with van der Waals surface area (Å²) >= 11 is 6.10. The molecule has 0 radical (unpaired) electrons. The number of carbonyl (C=O) groups excluding carboxylic acids is 1. The summed E-state index contributed by atoms with van der Waals surface area (Å²) in [6.45, 7) is 0.900. The highest BCUT2D eigenvalue weighted by Crippen LogP contribution is 2.40. The number of nitrogens with zero attached hydrogens (tertiary/aromatic N) is 1. The van der Waals surface area contributed by atoms with Gasteiger partial charge in [-0.3, -0.25) is 4.79 Å². The SMILES string of the molecule is COc1ccc(Cl)c2c1CC(=O)N2CCN. The quantitative estimate of drug-likeness (QED) is 0.864. The molecular formula is C11H13ClN2O2. The van der Waals surface area contributed by atoms with Gasteiger partial charge in [-0.15, -0.1) is 0 Å². The van der Waals surface area contributed by atoms with Crippen molar-refractivity contribution in [3.8, 4) is 5.75 Å². The molecule has 5 heteroatoms. The average molecular weight is 241 g/mol. The Morgan fingerprint density at radius 1 is 1.56 bits per heavy atom. The van der Waals surface area contributed by atoms with Crippen LogP contribution in [0.5, 0.6) is 5.75 Å². The Bertz CT molecular complexity index is 434. The van der Waals surface area contributed by atoms with Crippen LogP contribution in [-0.2, 0) is 11.2 Å². The van der Waals surface area contributed by atoms with Crippen LogP contribution in [0, 0.1) is 0 Å². The third-order valence-corrected chi connectivity index (χ3v) is 2.97. The number of ether oxygens (including phenoxy) is 1. The van der Waals surface area contributed by atoms with Crippen LogP contribution in [0.1, 0.15) is 5.56 Å². The van der Waals surface area contributed by atoms with Crippen LogP contribution >= 0.6 is 11.6 Å². The Kier molecular flexibility index (Phi) is 3.03. The van der Waals surface area contributed by atoms with E-state index in [1.807, 2.05) is 0 Å². The van der Waals surface area contributed by atoms with E-state index in [0.717, 1.165) is 11.3 Å². The van der Waals surface area contributed by atoms with Crippen molar-refractivity contribution in [3.63, 3.8) is 0 Å². The molecule has 2 N–H and O–H groups in total. The van der Waals surface area contributed by atoms with Crippen molar-refractivity contribution in [2.75, 3.05) is 25.1 Å². The third-order valence-electron chi connectivity index (χ3n) is 2.66. The first-order chi connectivity index (χ1) is 7.69. The molecule has 0 spiro atoms. The van der Waals surface area contributed by atoms with E-state index >= 15 is 0 Å². The van der Waals surface area contributed by atoms with Gasteiger partial charge in [-0.05, 0) is 12.1 Å². The summed E-state index contributed by atoms with van der Waals surface area (Å²) in [5.74, 6) is 0.721. The van der Waals surface area contributed by atoms with Crippen molar-refractivity contribution in [1.82, 2.24) is 0 Å². The van der Waals surface area contributed by atoms with Crippen molar-refractivity contribution in [2.24, 2.45) is 5.73 Å². The lowest BCUT2D eigenvalue weighted by atomic mass is 10.1. The van der Waals surface area contributed by atoms with Crippen molar-refractivity contribution in [3.05, 3.63) is 22.7 Å². The van der Waals surface area contributed by atoms with Crippen molar-refractivity contribution < 1.29 is 9.53 Å². The maximum absolute atomic E-state index is 11.8. The van der Waals surface area contributed by atoms with Crippen LogP contribution < -0.4 is 15.4 Å². The molecule has 1 aromatic rings. The van der Waals surface area contributed by atoms with E-state index < -0.39 is 0 Å². The van der Waals surface area contributed by atoms with Gasteiger partial charge in [-0.2, -0.15) is 0 Å². The van der Waals surface area contributed by atoms with E-state index in [4.69, 9.17) is 22.1 Å². The zero-order chi connectivity index (χ0) is 11.7. The Morgan fingerprint density at radius 3 is 2.94 bits per heavy atom. The lowest BCUT2D eigenvalue weighted by Gasteiger charge is -2.18. The van der Waals surface area contributed by atoms with E-state index in [2.05, 4.69) is 0 Å². The molecule has 0 atom stereocenters. The molecule has 0 aliphatic carbocycles. The predicted octanol–water partition coefficient (Wildman–Crippen LogP) is 1.20. The fraction of sp³-hybridized carbons (Fsp3) is 0.364. The Labute approximate surface area is 98.9 Å². The minimum absolute atomic E-state index is 0.0202. The summed E-state index contributed by atoms with van der Waals surface area (Å²) in [5.41, 5.74) is 7.08. The number of methoxy groups -OCH3 is 1. The minimum atomic E-state index is 0.0202. The van der Waals surface area contributed by atoms with E-state index in [1.54, 1.807) is 24.1 Å². The monoisotopic (exact) mass is 240 g/mol. The molecule has 0 fully saturated rings. The Balaban J connectivity index is 2.51. The predicted molar refractivity (Wildman–Crippen MR) is 63.1 cm³/mol. The van der Waals surface area contributed by atoms with Gasteiger partial charge in [0, 0.05) is 18.7 Å². The smallest absolute Gasteiger partial charge is 0.231 e. The highest BCUT2D eigenvalue weighted by Gasteiger charge is 2.31. The molecule has 0 saturated carbocycles. The maximum atomic E-state index is 11.8. The van der Waals surface area contributed by atoms with Gasteiger partial charge >= 0.3 is 0 Å². The highest BCUT2D eigenvalue weighted by molar-refractivity contribution is 6.34. The van der Waals surface area contributed by atoms with Crippen molar-refractivity contribution in [2.45, 2.75) is 6.42 Å². The number of amides is 1. The Hall–Kier alpha value is -1.26. The molecule has 0 aromatic heterocycles. The minimum Gasteiger partial charge on any atom is -0.496 e. The zero-order valence-corrected chi connectivity index (χ0v) is 9.75. The third kappa shape index (κ3) is 1.64. The van der Waals surface area contributed by atoms with Gasteiger partial charge in [-0.25, -0.2) is 0 Å². The number of fused-ring (bicyclic) bond motifs is 1. The van der Waals surface area contributed by atoms with E-state index in [-0.39, 0.29) is 5.91 Å². The number of anilines is 1. The first kappa shape index (κ1) is 11.2. The van der Waals surface area contributed by atoms with Crippen LogP contribution in [0.3, 0.4) is 0 Å². The van der Waals surface area contributed by atoms with E-state index in [0.29, 0.717) is 30.3 Å². The van der Waals surface area contributed by atoms with Gasteiger partial charge in [0.25, 0.3) is 0 Å². The molecule has 1 aliphatic heterocycles. The fourth-order valence-electron chi connectivity index (χ4n) is 1.98. The van der Waals surface area contributed by atoms with Gasteiger partial charge in [0.15, 0.2) is 0 Å². The standard InChI is InChI=1S/C11H13ClN2O2/c1-16-9-3-2-8(12)11-7(9)6-10(15)14(11)5-4-13/h2-3H,4-6,13H2,1H3. The van der Waals surface area contributed by atoms with E-state index in [1.165, 1.54) is 0 Å². The molecular weight excluding hydrogens is 228 g/mol. The van der Waals surface area contributed by atoms with Gasteiger partial charge in [0.2, 0.25) is 5.91 Å². The molecule has 1 amide bonds. The normalized spacial score (nSPS) is 14.2. The molecule has 4 nitrogen and oxygen atoms in total. The molecule has 2 rings (SSSR count). The van der Waals surface area contributed by atoms with Gasteiger partial charge < -0.3 is 15.4 Å². The van der Waals surface area contributed by atoms with Crippen LogP contribution in [0.2, 0.25) is 5.02 Å². The summed E-state index contributed by atoms with van der Waals surface area (Å²) in [4.78, 5) is 13.4. The van der Waals surface area contributed by atoms with Gasteiger partial charge in [0.05, 0.1) is 24.2 Å². The van der Waals surface area contributed by atoms with Crippen LogP contribution in [0.4, 0.5) is 5.69 Å². The number of halogens is 1. The second-order valence-corrected chi connectivity index (χ2v) is 3.99. The fourth-order valence-corrected chi connectivity index (χ4v) is 2.26. The van der Waals surface area contributed by atoms with Crippen LogP contribution in [-0.4, -0.2) is 26.1 Å². The maximum Gasteiger partial charge on any atom is 0.231 e. The van der Waals surface area contributed by atoms with Crippen molar-refractivity contribution >= 4 is 23.2 Å². The number of hydrogen-bond donors (Lipinski definition) is 1. The Morgan fingerprint density at radius 2 is 2.31 bits per heavy atom. The van der Waals surface area contributed by atoms with E-state index in [9.17, 15) is 4.79 Å². The number of nitrogens with two attached hydrogens (primary N) is 1. The molecule has 86 valence electrons. The second kappa shape index (κ2) is 4.31. The van der Waals surface area contributed by atoms with Crippen molar-refractivity contribution in [1.29, 1.82) is 0 Å². The highest BCUT2D eigenvalue weighted by atomic mass is 35.5. The summed E-state index contributed by atoms with van der Waals surface area (Å²) in [7, 11) is 1.58. The summed E-state index contributed by atoms with van der Waals surface area (Å²) in [5, 5.41) is 0.565.